The first-order chi connectivity index (χ1) is 7.95. The van der Waals surface area contributed by atoms with Crippen LogP contribution in [0, 0.1) is 5.82 Å². The molecule has 1 N–H and O–H groups in total. The fourth-order valence-electron chi connectivity index (χ4n) is 1.89. The molecular formula is C12H13F3O2. The van der Waals surface area contributed by atoms with Gasteiger partial charge in [0, 0.05) is 12.0 Å². The Hall–Kier alpha value is -1.23. The minimum atomic E-state index is -2.80. The molecule has 0 aliphatic heterocycles. The maximum Gasteiger partial charge on any atom is 0.267 e. The lowest BCUT2D eigenvalue weighted by Crippen LogP contribution is -2.12. The second-order valence-electron chi connectivity index (χ2n) is 4.39. The molecule has 1 aliphatic rings. The number of hydrogen-bond donors (Lipinski definition) is 1. The number of hydrogen-bond acceptors (Lipinski definition) is 2. The summed E-state index contributed by atoms with van der Waals surface area (Å²) >= 11 is 0. The maximum atomic E-state index is 13.2. The van der Waals surface area contributed by atoms with E-state index >= 15 is 0 Å². The van der Waals surface area contributed by atoms with Crippen molar-refractivity contribution < 1.29 is 23.0 Å². The van der Waals surface area contributed by atoms with Gasteiger partial charge in [-0.25, -0.2) is 13.2 Å². The van der Waals surface area contributed by atoms with Crippen LogP contribution in [0.3, 0.4) is 0 Å². The Morgan fingerprint density at radius 1 is 1.41 bits per heavy atom. The fraction of sp³-hybridized carbons (Fsp3) is 0.500. The first-order valence-corrected chi connectivity index (χ1v) is 5.32. The molecule has 0 aromatic heterocycles. The summed E-state index contributed by atoms with van der Waals surface area (Å²) in [7, 11) is 1.26. The zero-order valence-electron chi connectivity index (χ0n) is 9.34. The van der Waals surface area contributed by atoms with Crippen LogP contribution in [0.1, 0.15) is 30.4 Å². The van der Waals surface area contributed by atoms with Crippen molar-refractivity contribution in [1.82, 2.24) is 0 Å². The molecule has 1 aliphatic carbocycles. The molecule has 0 saturated heterocycles. The Bertz CT molecular complexity index is 428. The molecule has 1 aromatic rings. The van der Waals surface area contributed by atoms with Crippen molar-refractivity contribution in [2.75, 3.05) is 7.11 Å². The number of methoxy groups -OCH3 is 1. The maximum absolute atomic E-state index is 13.2. The van der Waals surface area contributed by atoms with Crippen LogP contribution in [-0.4, -0.2) is 17.8 Å². The van der Waals surface area contributed by atoms with Crippen LogP contribution in [-0.2, 0) is 6.42 Å². The van der Waals surface area contributed by atoms with Crippen molar-refractivity contribution in [3.05, 3.63) is 29.1 Å². The lowest BCUT2D eigenvalue weighted by atomic mass is 10.0. The molecule has 1 saturated carbocycles. The minimum absolute atomic E-state index is 0.0262. The molecule has 1 aromatic carbocycles. The van der Waals surface area contributed by atoms with Gasteiger partial charge in [0.1, 0.15) is 11.6 Å². The summed E-state index contributed by atoms with van der Waals surface area (Å²) in [4.78, 5) is 0. The van der Waals surface area contributed by atoms with E-state index in [-0.39, 0.29) is 12.2 Å². The van der Waals surface area contributed by atoms with Crippen LogP contribution in [0.2, 0.25) is 0 Å². The number of alkyl halides is 2. The first-order valence-electron chi connectivity index (χ1n) is 5.32. The van der Waals surface area contributed by atoms with Crippen LogP contribution in [0.4, 0.5) is 13.2 Å². The zero-order valence-corrected chi connectivity index (χ0v) is 9.34. The monoisotopic (exact) mass is 246 g/mol. The largest absolute Gasteiger partial charge is 0.496 e. The molecule has 0 amide bonds. The quantitative estimate of drug-likeness (QED) is 0.885. The minimum Gasteiger partial charge on any atom is -0.496 e. The molecule has 0 spiro atoms. The highest BCUT2D eigenvalue weighted by atomic mass is 19.3. The molecule has 17 heavy (non-hydrogen) atoms. The Morgan fingerprint density at radius 3 is 2.53 bits per heavy atom. The summed E-state index contributed by atoms with van der Waals surface area (Å²) in [5.41, 5.74) is -1.05. The lowest BCUT2D eigenvalue weighted by molar-refractivity contribution is 0.141. The van der Waals surface area contributed by atoms with Gasteiger partial charge in [0.25, 0.3) is 6.43 Å². The van der Waals surface area contributed by atoms with Gasteiger partial charge in [-0.1, -0.05) is 0 Å². The number of benzene rings is 1. The van der Waals surface area contributed by atoms with Crippen molar-refractivity contribution in [2.45, 2.75) is 31.3 Å². The van der Waals surface area contributed by atoms with E-state index in [0.29, 0.717) is 18.4 Å². The third-order valence-corrected chi connectivity index (χ3v) is 2.95. The smallest absolute Gasteiger partial charge is 0.267 e. The average Bonchev–Trinajstić information content (AvgIpc) is 2.95. The van der Waals surface area contributed by atoms with E-state index in [1.807, 2.05) is 0 Å². The van der Waals surface area contributed by atoms with Gasteiger partial charge in [0.2, 0.25) is 0 Å². The predicted octanol–water partition coefficient (Wildman–Crippen LogP) is 2.84. The summed E-state index contributed by atoms with van der Waals surface area (Å²) in [5.74, 6) is -0.762. The number of aliphatic hydroxyl groups is 1. The third-order valence-electron chi connectivity index (χ3n) is 2.95. The summed E-state index contributed by atoms with van der Waals surface area (Å²) in [6.45, 7) is 0. The summed E-state index contributed by atoms with van der Waals surface area (Å²) in [6.07, 6.45) is -1.44. The molecular weight excluding hydrogens is 233 g/mol. The Morgan fingerprint density at radius 2 is 2.06 bits per heavy atom. The summed E-state index contributed by atoms with van der Waals surface area (Å²) in [6, 6.07) is 1.91. The Kier molecular flexibility index (Phi) is 3.03. The van der Waals surface area contributed by atoms with E-state index in [1.165, 1.54) is 7.11 Å². The van der Waals surface area contributed by atoms with E-state index in [0.717, 1.165) is 12.1 Å². The van der Waals surface area contributed by atoms with Crippen LogP contribution in [0.5, 0.6) is 5.75 Å². The second-order valence-corrected chi connectivity index (χ2v) is 4.39. The van der Waals surface area contributed by atoms with Crippen LogP contribution in [0.15, 0.2) is 12.1 Å². The standard InChI is InChI=1S/C12H13F3O2/c1-17-10-7(6-12(16)2-3-12)4-8(13)5-9(10)11(14)15/h4-5,11,16H,2-3,6H2,1H3. The van der Waals surface area contributed by atoms with Gasteiger partial charge in [-0.15, -0.1) is 0 Å². The van der Waals surface area contributed by atoms with Gasteiger partial charge in [-0.05, 0) is 25.0 Å². The summed E-state index contributed by atoms with van der Waals surface area (Å²) in [5, 5.41) is 9.76. The Labute approximate surface area is 97.0 Å². The van der Waals surface area contributed by atoms with E-state index in [1.54, 1.807) is 0 Å². The van der Waals surface area contributed by atoms with E-state index in [9.17, 15) is 18.3 Å². The lowest BCUT2D eigenvalue weighted by Gasteiger charge is -2.15. The summed E-state index contributed by atoms with van der Waals surface area (Å²) < 4.78 is 43.6. The third kappa shape index (κ3) is 2.54. The zero-order chi connectivity index (χ0) is 12.6. The van der Waals surface area contributed by atoms with Crippen LogP contribution in [0.25, 0.3) is 0 Å². The molecule has 0 unspecified atom stereocenters. The topological polar surface area (TPSA) is 29.5 Å². The van der Waals surface area contributed by atoms with Crippen molar-refractivity contribution in [3.63, 3.8) is 0 Å². The molecule has 2 rings (SSSR count). The molecule has 1 fully saturated rings. The molecule has 0 atom stereocenters. The van der Waals surface area contributed by atoms with Gasteiger partial charge < -0.3 is 9.84 Å². The molecule has 2 nitrogen and oxygen atoms in total. The van der Waals surface area contributed by atoms with Gasteiger partial charge in [-0.2, -0.15) is 0 Å². The predicted molar refractivity (Wildman–Crippen MR) is 55.8 cm³/mol. The van der Waals surface area contributed by atoms with Gasteiger partial charge in [0.05, 0.1) is 18.3 Å². The van der Waals surface area contributed by atoms with Crippen LogP contribution < -0.4 is 4.74 Å². The molecule has 94 valence electrons. The van der Waals surface area contributed by atoms with E-state index in [4.69, 9.17) is 4.74 Å². The molecule has 0 bridgehead atoms. The van der Waals surface area contributed by atoms with Crippen molar-refractivity contribution in [2.24, 2.45) is 0 Å². The van der Waals surface area contributed by atoms with Gasteiger partial charge in [0.15, 0.2) is 0 Å². The molecule has 0 radical (unpaired) electrons. The van der Waals surface area contributed by atoms with Gasteiger partial charge >= 0.3 is 0 Å². The van der Waals surface area contributed by atoms with E-state index in [2.05, 4.69) is 0 Å². The highest BCUT2D eigenvalue weighted by Gasteiger charge is 2.41. The number of ether oxygens (including phenoxy) is 1. The van der Waals surface area contributed by atoms with E-state index < -0.39 is 23.4 Å². The second kappa shape index (κ2) is 4.22. The normalized spacial score (nSPS) is 17.3. The Balaban J connectivity index is 2.41. The van der Waals surface area contributed by atoms with Crippen molar-refractivity contribution in [1.29, 1.82) is 0 Å². The highest BCUT2D eigenvalue weighted by molar-refractivity contribution is 5.44. The SMILES string of the molecule is COc1c(CC2(O)CC2)cc(F)cc1C(F)F. The average molecular weight is 246 g/mol. The van der Waals surface area contributed by atoms with Crippen LogP contribution >= 0.6 is 0 Å². The number of halogens is 3. The number of rotatable bonds is 4. The van der Waals surface area contributed by atoms with Gasteiger partial charge in [-0.3, -0.25) is 0 Å². The fourth-order valence-corrected chi connectivity index (χ4v) is 1.89. The molecule has 0 heterocycles. The van der Waals surface area contributed by atoms with Crippen molar-refractivity contribution >= 4 is 0 Å². The molecule has 5 heteroatoms. The highest BCUT2D eigenvalue weighted by Crippen LogP contribution is 2.42. The van der Waals surface area contributed by atoms with Crippen molar-refractivity contribution in [3.8, 4) is 5.75 Å². The first kappa shape index (κ1) is 12.2.